The van der Waals surface area contributed by atoms with Crippen molar-refractivity contribution in [1.29, 1.82) is 0 Å². The minimum atomic E-state index is 0.355. The van der Waals surface area contributed by atoms with E-state index in [1.807, 2.05) is 0 Å². The summed E-state index contributed by atoms with van der Waals surface area (Å²) in [5, 5.41) is 3.71. The quantitative estimate of drug-likeness (QED) is 0.620. The fourth-order valence-electron chi connectivity index (χ4n) is 2.37. The van der Waals surface area contributed by atoms with Gasteiger partial charge in [-0.25, -0.2) is 0 Å². The summed E-state index contributed by atoms with van der Waals surface area (Å²) in [5.41, 5.74) is 2.11. The Morgan fingerprint density at radius 2 is 1.62 bits per heavy atom. The van der Waals surface area contributed by atoms with E-state index in [2.05, 4.69) is 67.3 Å². The van der Waals surface area contributed by atoms with Crippen molar-refractivity contribution in [2.75, 3.05) is 0 Å². The lowest BCUT2D eigenvalue weighted by Crippen LogP contribution is -2.47. The Kier molecular flexibility index (Phi) is 8.66. The molecule has 1 fully saturated rings. The summed E-state index contributed by atoms with van der Waals surface area (Å²) in [6.07, 6.45) is 7.86. The average molecular weight is 296 g/mol. The average Bonchev–Trinajstić information content (AvgIpc) is 2.41. The molecular formula is C20H41N. The molecule has 0 heterocycles. The van der Waals surface area contributed by atoms with Crippen molar-refractivity contribution in [1.82, 2.24) is 5.32 Å². The van der Waals surface area contributed by atoms with Crippen LogP contribution in [-0.2, 0) is 0 Å². The first-order chi connectivity index (χ1) is 9.55. The summed E-state index contributed by atoms with van der Waals surface area (Å²) >= 11 is 0. The highest BCUT2D eigenvalue weighted by molar-refractivity contribution is 5.04. The molecule has 126 valence electrons. The number of rotatable bonds is 4. The molecule has 1 N–H and O–H groups in total. The molecule has 0 saturated heterocycles. The third-order valence-corrected chi connectivity index (χ3v) is 5.09. The monoisotopic (exact) mass is 295 g/mol. The van der Waals surface area contributed by atoms with Gasteiger partial charge in [0.1, 0.15) is 0 Å². The van der Waals surface area contributed by atoms with Gasteiger partial charge in [-0.05, 0) is 49.4 Å². The summed E-state index contributed by atoms with van der Waals surface area (Å²) in [5.74, 6) is 1.46. The van der Waals surface area contributed by atoms with Crippen LogP contribution in [0, 0.1) is 17.3 Å². The highest BCUT2D eigenvalue weighted by atomic mass is 15.0. The van der Waals surface area contributed by atoms with Crippen LogP contribution in [0.2, 0.25) is 0 Å². The van der Waals surface area contributed by atoms with Crippen molar-refractivity contribution in [3.8, 4) is 0 Å². The van der Waals surface area contributed by atoms with Gasteiger partial charge in [0.05, 0.1) is 0 Å². The van der Waals surface area contributed by atoms with Crippen molar-refractivity contribution in [2.45, 2.75) is 99.5 Å². The molecule has 1 saturated carbocycles. The van der Waals surface area contributed by atoms with Gasteiger partial charge in [0, 0.05) is 11.2 Å². The Morgan fingerprint density at radius 3 is 1.90 bits per heavy atom. The molecule has 0 bridgehead atoms. The fourth-order valence-corrected chi connectivity index (χ4v) is 2.37. The molecule has 1 nitrogen and oxygen atoms in total. The van der Waals surface area contributed by atoms with E-state index in [0.717, 1.165) is 5.92 Å². The molecule has 0 aromatic carbocycles. The normalized spacial score (nSPS) is 26.0. The molecule has 0 unspecified atom stereocenters. The van der Waals surface area contributed by atoms with Crippen molar-refractivity contribution in [3.05, 3.63) is 12.3 Å². The highest BCUT2D eigenvalue weighted by Gasteiger charge is 2.32. The van der Waals surface area contributed by atoms with E-state index < -0.39 is 0 Å². The topological polar surface area (TPSA) is 12.0 Å². The molecule has 0 aliphatic heterocycles. The Bertz CT molecular complexity index is 287. The van der Waals surface area contributed by atoms with Crippen LogP contribution in [0.3, 0.4) is 0 Å². The van der Waals surface area contributed by atoms with Crippen LogP contribution in [0.5, 0.6) is 0 Å². The van der Waals surface area contributed by atoms with Gasteiger partial charge in [0.25, 0.3) is 0 Å². The Balaban J connectivity index is 0.000000567. The minimum Gasteiger partial charge on any atom is -0.383 e. The van der Waals surface area contributed by atoms with Crippen LogP contribution in [0.1, 0.15) is 93.9 Å². The van der Waals surface area contributed by atoms with E-state index in [1.165, 1.54) is 44.2 Å². The maximum Gasteiger partial charge on any atom is 0.0368 e. The summed E-state index contributed by atoms with van der Waals surface area (Å²) in [4.78, 5) is 0. The minimum absolute atomic E-state index is 0.355. The molecule has 0 amide bonds. The largest absolute Gasteiger partial charge is 0.383 e. The van der Waals surface area contributed by atoms with Gasteiger partial charge in [0.15, 0.2) is 0 Å². The zero-order valence-corrected chi connectivity index (χ0v) is 16.1. The Labute approximate surface area is 135 Å². The molecule has 0 radical (unpaired) electrons. The first kappa shape index (κ1) is 20.5. The zero-order chi connectivity index (χ0) is 16.7. The second kappa shape index (κ2) is 8.86. The maximum absolute atomic E-state index is 4.15. The summed E-state index contributed by atoms with van der Waals surface area (Å²) in [6, 6.07) is 0. The van der Waals surface area contributed by atoms with E-state index >= 15 is 0 Å². The molecule has 0 aromatic rings. The molecule has 1 heteroatoms. The van der Waals surface area contributed by atoms with Crippen LogP contribution >= 0.6 is 0 Å². The molecule has 0 aromatic heterocycles. The molecule has 1 aliphatic carbocycles. The lowest BCUT2D eigenvalue weighted by Gasteiger charge is -2.41. The number of hydrogen-bond donors (Lipinski definition) is 1. The predicted molar refractivity (Wildman–Crippen MR) is 97.5 cm³/mol. The first-order valence-electron chi connectivity index (χ1n) is 9.02. The van der Waals surface area contributed by atoms with E-state index in [9.17, 15) is 0 Å². The third-order valence-electron chi connectivity index (χ3n) is 5.09. The van der Waals surface area contributed by atoms with Gasteiger partial charge in [-0.15, -0.1) is 0 Å². The summed E-state index contributed by atoms with van der Waals surface area (Å²) in [7, 11) is 0. The summed E-state index contributed by atoms with van der Waals surface area (Å²) in [6.45, 7) is 22.2. The van der Waals surface area contributed by atoms with Crippen LogP contribution in [-0.4, -0.2) is 5.54 Å². The van der Waals surface area contributed by atoms with Gasteiger partial charge in [-0.2, -0.15) is 0 Å². The Morgan fingerprint density at radius 1 is 1.19 bits per heavy atom. The van der Waals surface area contributed by atoms with Gasteiger partial charge >= 0.3 is 0 Å². The number of hydrogen-bond acceptors (Lipinski definition) is 1. The van der Waals surface area contributed by atoms with Crippen LogP contribution in [0.25, 0.3) is 0 Å². The van der Waals surface area contributed by atoms with Crippen LogP contribution in [0.15, 0.2) is 12.3 Å². The van der Waals surface area contributed by atoms with Crippen molar-refractivity contribution >= 4 is 0 Å². The Hall–Kier alpha value is -0.460. The van der Waals surface area contributed by atoms with E-state index in [4.69, 9.17) is 0 Å². The lowest BCUT2D eigenvalue weighted by atomic mass is 9.75. The number of allylic oxidation sites excluding steroid dienone is 1. The van der Waals surface area contributed by atoms with Crippen molar-refractivity contribution < 1.29 is 0 Å². The molecule has 0 atom stereocenters. The second-order valence-corrected chi connectivity index (χ2v) is 8.54. The smallest absolute Gasteiger partial charge is 0.0368 e. The van der Waals surface area contributed by atoms with Crippen LogP contribution in [0.4, 0.5) is 0 Å². The maximum atomic E-state index is 4.15. The van der Waals surface area contributed by atoms with E-state index in [1.54, 1.807) is 0 Å². The first-order valence-corrected chi connectivity index (χ1v) is 9.02. The predicted octanol–water partition coefficient (Wildman–Crippen LogP) is 6.55. The standard InChI is InChI=1S/C14H27N.C6H14/c1-6-14(15-13(5)11(2)3)9-7-12(4)8-10-14;1-5-6(2,3)4/h11-12,15H,5-10H2,1-4H3;5H2,1-4H3. The SMILES string of the molecule is C=C(NC1(CC)CCC(C)CC1)C(C)C.CCC(C)(C)C. The van der Waals surface area contributed by atoms with Gasteiger partial charge in [-0.3, -0.25) is 0 Å². The van der Waals surface area contributed by atoms with Gasteiger partial charge < -0.3 is 5.32 Å². The fraction of sp³-hybridized carbons (Fsp3) is 0.900. The highest BCUT2D eigenvalue weighted by Crippen LogP contribution is 2.35. The third kappa shape index (κ3) is 8.53. The lowest BCUT2D eigenvalue weighted by molar-refractivity contribution is 0.199. The number of nitrogens with one attached hydrogen (secondary N) is 1. The zero-order valence-electron chi connectivity index (χ0n) is 16.1. The second-order valence-electron chi connectivity index (χ2n) is 8.54. The van der Waals surface area contributed by atoms with Crippen molar-refractivity contribution in [3.63, 3.8) is 0 Å². The van der Waals surface area contributed by atoms with Gasteiger partial charge in [-0.1, -0.05) is 68.4 Å². The van der Waals surface area contributed by atoms with Crippen molar-refractivity contribution in [2.24, 2.45) is 17.3 Å². The van der Waals surface area contributed by atoms with Crippen LogP contribution < -0.4 is 5.32 Å². The molecule has 21 heavy (non-hydrogen) atoms. The van der Waals surface area contributed by atoms with E-state index in [0.29, 0.717) is 16.9 Å². The molecule has 0 spiro atoms. The molecule has 1 aliphatic rings. The molecular weight excluding hydrogens is 254 g/mol. The molecule has 1 rings (SSSR count). The summed E-state index contributed by atoms with van der Waals surface area (Å²) < 4.78 is 0. The van der Waals surface area contributed by atoms with Gasteiger partial charge in [0.2, 0.25) is 0 Å². The van der Waals surface area contributed by atoms with E-state index in [-0.39, 0.29) is 0 Å².